The molecule has 0 aromatic carbocycles. The van der Waals surface area contributed by atoms with Crippen LogP contribution in [0.25, 0.3) is 0 Å². The predicted molar refractivity (Wildman–Crippen MR) is 82.4 cm³/mol. The van der Waals surface area contributed by atoms with Gasteiger partial charge in [0.15, 0.2) is 0 Å². The first kappa shape index (κ1) is 16.6. The van der Waals surface area contributed by atoms with Crippen LogP contribution >= 0.6 is 0 Å². The number of piperidine rings is 1. The van der Waals surface area contributed by atoms with Gasteiger partial charge in [-0.15, -0.1) is 0 Å². The Bertz CT molecular complexity index is 348. The predicted octanol–water partition coefficient (Wildman–Crippen LogP) is 2.40. The van der Waals surface area contributed by atoms with Crippen molar-refractivity contribution in [2.24, 2.45) is 5.92 Å². The molecule has 122 valence electrons. The van der Waals surface area contributed by atoms with Crippen molar-refractivity contribution in [3.05, 3.63) is 0 Å². The number of likely N-dealkylation sites (tertiary alicyclic amines) is 1. The van der Waals surface area contributed by atoms with Gasteiger partial charge in [0.2, 0.25) is 0 Å². The molecule has 3 atom stereocenters. The second-order valence-corrected chi connectivity index (χ2v) is 7.38. The van der Waals surface area contributed by atoms with Crippen LogP contribution in [0.4, 0.5) is 4.79 Å². The largest absolute Gasteiger partial charge is 0.444 e. The van der Waals surface area contributed by atoms with E-state index < -0.39 is 5.60 Å². The molecule has 21 heavy (non-hydrogen) atoms. The average molecular weight is 298 g/mol. The van der Waals surface area contributed by atoms with Crippen molar-refractivity contribution in [3.63, 3.8) is 0 Å². The maximum Gasteiger partial charge on any atom is 0.410 e. The summed E-state index contributed by atoms with van der Waals surface area (Å²) in [6.07, 6.45) is 2.97. The zero-order chi connectivity index (χ0) is 15.5. The maximum atomic E-state index is 12.2. The number of carbonyl (C=O) groups excluding carboxylic acids is 1. The normalized spacial score (nSPS) is 30.5. The van der Waals surface area contributed by atoms with E-state index in [1.807, 2.05) is 25.7 Å². The monoisotopic (exact) mass is 298 g/mol. The zero-order valence-corrected chi connectivity index (χ0v) is 13.9. The van der Waals surface area contributed by atoms with Crippen LogP contribution in [0.2, 0.25) is 0 Å². The highest BCUT2D eigenvalue weighted by molar-refractivity contribution is 5.68. The van der Waals surface area contributed by atoms with Gasteiger partial charge in [0.05, 0.1) is 6.61 Å². The molecule has 2 fully saturated rings. The van der Waals surface area contributed by atoms with Crippen molar-refractivity contribution in [2.75, 3.05) is 26.3 Å². The van der Waals surface area contributed by atoms with Crippen LogP contribution in [0.1, 0.15) is 47.0 Å². The first-order valence-electron chi connectivity index (χ1n) is 8.16. The van der Waals surface area contributed by atoms with E-state index in [1.54, 1.807) is 0 Å². The summed E-state index contributed by atoms with van der Waals surface area (Å²) in [6.45, 7) is 11.4. The van der Waals surface area contributed by atoms with Crippen LogP contribution in [0.3, 0.4) is 0 Å². The lowest BCUT2D eigenvalue weighted by Gasteiger charge is -2.38. The van der Waals surface area contributed by atoms with Crippen molar-refractivity contribution in [1.82, 2.24) is 10.2 Å². The van der Waals surface area contributed by atoms with E-state index in [9.17, 15) is 4.79 Å². The maximum absolute atomic E-state index is 12.2. The van der Waals surface area contributed by atoms with Crippen LogP contribution in [0, 0.1) is 5.92 Å². The van der Waals surface area contributed by atoms with Gasteiger partial charge in [-0.2, -0.15) is 0 Å². The van der Waals surface area contributed by atoms with Gasteiger partial charge in [0, 0.05) is 31.8 Å². The molecule has 0 radical (unpaired) electrons. The van der Waals surface area contributed by atoms with Gasteiger partial charge in [-0.05, 0) is 52.9 Å². The van der Waals surface area contributed by atoms with Crippen LogP contribution < -0.4 is 5.32 Å². The van der Waals surface area contributed by atoms with Gasteiger partial charge < -0.3 is 19.7 Å². The Morgan fingerprint density at radius 1 is 1.38 bits per heavy atom. The number of ether oxygens (including phenoxy) is 2. The van der Waals surface area contributed by atoms with E-state index >= 15 is 0 Å². The summed E-state index contributed by atoms with van der Waals surface area (Å²) in [5.74, 6) is 0.657. The lowest BCUT2D eigenvalue weighted by Crippen LogP contribution is -2.51. The molecule has 1 N–H and O–H groups in total. The van der Waals surface area contributed by atoms with Crippen molar-refractivity contribution < 1.29 is 14.3 Å². The minimum atomic E-state index is -0.422. The summed E-state index contributed by atoms with van der Waals surface area (Å²) in [6, 6.07) is 0.727. The average Bonchev–Trinajstić information content (AvgIpc) is 2.87. The Balaban J connectivity index is 1.74. The first-order chi connectivity index (χ1) is 9.85. The number of hydrogen-bond acceptors (Lipinski definition) is 4. The van der Waals surface area contributed by atoms with Crippen molar-refractivity contribution in [1.29, 1.82) is 0 Å². The molecule has 0 spiro atoms. The molecule has 5 nitrogen and oxygen atoms in total. The highest BCUT2D eigenvalue weighted by Crippen LogP contribution is 2.21. The quantitative estimate of drug-likeness (QED) is 0.869. The fraction of sp³-hybridized carbons (Fsp3) is 0.938. The molecule has 0 saturated carbocycles. The Labute approximate surface area is 128 Å². The molecule has 0 aromatic heterocycles. The Kier molecular flexibility index (Phi) is 5.49. The number of nitrogens with one attached hydrogen (secondary N) is 1. The van der Waals surface area contributed by atoms with E-state index in [2.05, 4.69) is 12.2 Å². The number of rotatable bonds is 3. The highest BCUT2D eigenvalue weighted by atomic mass is 16.6. The summed E-state index contributed by atoms with van der Waals surface area (Å²) >= 11 is 0. The van der Waals surface area contributed by atoms with Gasteiger partial charge in [0.25, 0.3) is 0 Å². The summed E-state index contributed by atoms with van der Waals surface area (Å²) in [7, 11) is 0. The van der Waals surface area contributed by atoms with Crippen molar-refractivity contribution >= 4 is 6.09 Å². The molecule has 0 bridgehead atoms. The summed E-state index contributed by atoms with van der Waals surface area (Å²) in [4.78, 5) is 14.0. The molecule has 2 aliphatic rings. The van der Waals surface area contributed by atoms with Gasteiger partial charge >= 0.3 is 6.09 Å². The third-order valence-electron chi connectivity index (χ3n) is 4.22. The number of carbonyl (C=O) groups is 1. The molecule has 3 unspecified atom stereocenters. The standard InChI is InChI=1S/C16H30N2O3/c1-12-9-14(17-10-13-6-8-20-11-13)5-7-18(12)15(19)21-16(2,3)4/h12-14,17H,5-11H2,1-4H3. The Morgan fingerprint density at radius 2 is 2.14 bits per heavy atom. The molecule has 2 heterocycles. The molecule has 1 amide bonds. The van der Waals surface area contributed by atoms with Gasteiger partial charge in [-0.25, -0.2) is 4.79 Å². The molecular formula is C16H30N2O3. The summed E-state index contributed by atoms with van der Waals surface area (Å²) in [5, 5.41) is 3.64. The lowest BCUT2D eigenvalue weighted by atomic mass is 9.98. The fourth-order valence-electron chi connectivity index (χ4n) is 3.03. The molecule has 2 rings (SSSR count). The van der Waals surface area contributed by atoms with Gasteiger partial charge in [-0.3, -0.25) is 0 Å². The number of amides is 1. The molecule has 5 heteroatoms. The topological polar surface area (TPSA) is 50.8 Å². The van der Waals surface area contributed by atoms with Crippen LogP contribution in [0.5, 0.6) is 0 Å². The molecule has 2 aliphatic heterocycles. The Morgan fingerprint density at radius 3 is 2.71 bits per heavy atom. The van der Waals surface area contributed by atoms with Crippen molar-refractivity contribution in [2.45, 2.75) is 64.6 Å². The number of nitrogens with zero attached hydrogens (tertiary/aromatic N) is 1. The summed E-state index contributed by atoms with van der Waals surface area (Å²) < 4.78 is 10.9. The minimum absolute atomic E-state index is 0.183. The third kappa shape index (κ3) is 5.15. The second-order valence-electron chi connectivity index (χ2n) is 7.38. The molecule has 2 saturated heterocycles. The fourth-order valence-corrected chi connectivity index (χ4v) is 3.03. The van der Waals surface area contributed by atoms with E-state index in [0.29, 0.717) is 12.0 Å². The number of hydrogen-bond donors (Lipinski definition) is 1. The minimum Gasteiger partial charge on any atom is -0.444 e. The Hall–Kier alpha value is -0.810. The molecule has 0 aromatic rings. The molecular weight excluding hydrogens is 268 g/mol. The summed E-state index contributed by atoms with van der Waals surface area (Å²) in [5.41, 5.74) is -0.422. The van der Waals surface area contributed by atoms with E-state index in [4.69, 9.17) is 9.47 Å². The van der Waals surface area contributed by atoms with E-state index in [1.165, 1.54) is 6.42 Å². The lowest BCUT2D eigenvalue weighted by molar-refractivity contribution is 0.00926. The highest BCUT2D eigenvalue weighted by Gasteiger charge is 2.31. The van der Waals surface area contributed by atoms with Gasteiger partial charge in [-0.1, -0.05) is 0 Å². The van der Waals surface area contributed by atoms with E-state index in [0.717, 1.165) is 39.1 Å². The van der Waals surface area contributed by atoms with Crippen LogP contribution in [0.15, 0.2) is 0 Å². The second kappa shape index (κ2) is 6.97. The smallest absolute Gasteiger partial charge is 0.410 e. The zero-order valence-electron chi connectivity index (χ0n) is 13.9. The van der Waals surface area contributed by atoms with Crippen LogP contribution in [-0.2, 0) is 9.47 Å². The molecule has 0 aliphatic carbocycles. The van der Waals surface area contributed by atoms with E-state index in [-0.39, 0.29) is 12.1 Å². The van der Waals surface area contributed by atoms with Crippen LogP contribution in [-0.4, -0.2) is 55.0 Å². The SMILES string of the molecule is CC1CC(NCC2CCOC2)CCN1C(=O)OC(C)(C)C. The van der Waals surface area contributed by atoms with Crippen molar-refractivity contribution in [3.8, 4) is 0 Å². The van der Waals surface area contributed by atoms with Gasteiger partial charge in [0.1, 0.15) is 5.60 Å². The third-order valence-corrected chi connectivity index (χ3v) is 4.22. The first-order valence-corrected chi connectivity index (χ1v) is 8.16.